The third-order valence-electron chi connectivity index (χ3n) is 8.19. The number of aryl methyl sites for hydroxylation is 1. The lowest BCUT2D eigenvalue weighted by Gasteiger charge is -2.31. The Morgan fingerprint density at radius 3 is 2.80 bits per heavy atom. The molecule has 5 rings (SSSR count). The lowest BCUT2D eigenvalue weighted by atomic mass is 9.92. The summed E-state index contributed by atoms with van der Waals surface area (Å²) in [5.41, 5.74) is 9.62. The largest absolute Gasteiger partial charge is 0.368 e. The molecule has 0 amide bonds. The number of rotatable bonds is 10. The Kier molecular flexibility index (Phi) is 10.8. The van der Waals surface area contributed by atoms with E-state index in [2.05, 4.69) is 37.7 Å². The maximum atomic E-state index is 15.1. The van der Waals surface area contributed by atoms with Gasteiger partial charge in [0.15, 0.2) is 11.0 Å². The second kappa shape index (κ2) is 14.7. The first-order valence-corrected chi connectivity index (χ1v) is 16.6. The molecule has 5 N–H and O–H groups in total. The van der Waals surface area contributed by atoms with Gasteiger partial charge in [-0.15, -0.1) is 0 Å². The van der Waals surface area contributed by atoms with Gasteiger partial charge in [-0.05, 0) is 86.9 Å². The Labute approximate surface area is 267 Å². The number of aliphatic imine (C=N–C) groups is 1. The Morgan fingerprint density at radius 2 is 2.07 bits per heavy atom. The number of nitrogens with one attached hydrogen (secondary N) is 3. The minimum atomic E-state index is -0.505. The fourth-order valence-electron chi connectivity index (χ4n) is 5.86. The summed E-state index contributed by atoms with van der Waals surface area (Å²) in [6.45, 7) is 1.97. The molecule has 4 aromatic rings. The molecule has 3 atom stereocenters. The lowest BCUT2D eigenvalue weighted by Crippen LogP contribution is -2.37. The number of nitrogens with zero attached hydrogens (tertiary/aromatic N) is 3. The normalized spacial score (nSPS) is 18.1. The molecule has 8 nitrogen and oxygen atoms in total. The van der Waals surface area contributed by atoms with Crippen LogP contribution in [0, 0.1) is 5.82 Å². The molecule has 3 heterocycles. The van der Waals surface area contributed by atoms with Crippen LogP contribution in [0.1, 0.15) is 62.6 Å². The van der Waals surface area contributed by atoms with Crippen molar-refractivity contribution in [3.8, 4) is 16.9 Å². The second-order valence-electron chi connectivity index (χ2n) is 11.5. The zero-order chi connectivity index (χ0) is 31.2. The van der Waals surface area contributed by atoms with Gasteiger partial charge >= 0.3 is 5.69 Å². The quantitative estimate of drug-likeness (QED) is 0.119. The molecule has 11 heteroatoms. The van der Waals surface area contributed by atoms with Gasteiger partial charge in [-0.2, -0.15) is 4.98 Å². The SMILES string of the molecule is CN=C(NC)SCCC1CCCC(c2ccc(-n3cc4cc(-c5cc(CCCC(C)N)cc(Cl)c5F)[nH]c4nc3=O)cc2)N1. The highest BCUT2D eigenvalue weighted by atomic mass is 35.5. The van der Waals surface area contributed by atoms with Gasteiger partial charge in [0, 0.05) is 55.1 Å². The summed E-state index contributed by atoms with van der Waals surface area (Å²) in [5.74, 6) is 0.504. The molecular weight excluding hydrogens is 597 g/mol. The molecule has 2 aromatic carbocycles. The number of hydrogen-bond donors (Lipinski definition) is 4. The van der Waals surface area contributed by atoms with Crippen molar-refractivity contribution < 1.29 is 4.39 Å². The van der Waals surface area contributed by atoms with E-state index in [1.54, 1.807) is 37.1 Å². The number of H-pyrrole nitrogens is 1. The lowest BCUT2D eigenvalue weighted by molar-refractivity contribution is 0.320. The maximum absolute atomic E-state index is 15.1. The minimum Gasteiger partial charge on any atom is -0.368 e. The van der Waals surface area contributed by atoms with E-state index in [-0.39, 0.29) is 17.1 Å². The number of benzene rings is 2. The van der Waals surface area contributed by atoms with Crippen LogP contribution in [-0.2, 0) is 6.42 Å². The molecule has 1 aliphatic heterocycles. The fourth-order valence-corrected chi connectivity index (χ4v) is 6.97. The molecule has 1 fully saturated rings. The smallest absolute Gasteiger partial charge is 0.354 e. The van der Waals surface area contributed by atoms with Crippen LogP contribution in [0.15, 0.2) is 58.4 Å². The van der Waals surface area contributed by atoms with Crippen molar-refractivity contribution in [3.05, 3.63) is 81.1 Å². The maximum Gasteiger partial charge on any atom is 0.354 e. The Morgan fingerprint density at radius 1 is 1.27 bits per heavy atom. The summed E-state index contributed by atoms with van der Waals surface area (Å²) in [4.78, 5) is 24.7. The van der Waals surface area contributed by atoms with E-state index in [0.29, 0.717) is 28.3 Å². The van der Waals surface area contributed by atoms with Gasteiger partial charge in [-0.25, -0.2) is 9.18 Å². The number of piperidine rings is 1. The molecule has 44 heavy (non-hydrogen) atoms. The van der Waals surface area contributed by atoms with Crippen LogP contribution in [0.4, 0.5) is 4.39 Å². The van der Waals surface area contributed by atoms with Crippen molar-refractivity contribution in [2.45, 2.75) is 70.0 Å². The highest BCUT2D eigenvalue weighted by molar-refractivity contribution is 8.13. The van der Waals surface area contributed by atoms with Crippen molar-refractivity contribution in [3.63, 3.8) is 0 Å². The number of hydrogen-bond acceptors (Lipinski definition) is 6. The average Bonchev–Trinajstić information content (AvgIpc) is 3.43. The topological polar surface area (TPSA) is 113 Å². The van der Waals surface area contributed by atoms with Crippen molar-refractivity contribution in [2.24, 2.45) is 10.7 Å². The van der Waals surface area contributed by atoms with Crippen molar-refractivity contribution >= 4 is 39.6 Å². The number of amidine groups is 1. The Bertz CT molecular complexity index is 1670. The zero-order valence-corrected chi connectivity index (χ0v) is 27.1. The van der Waals surface area contributed by atoms with Gasteiger partial charge in [0.2, 0.25) is 0 Å². The van der Waals surface area contributed by atoms with Gasteiger partial charge in [0.05, 0.1) is 16.4 Å². The Hall–Kier alpha value is -3.18. The van der Waals surface area contributed by atoms with Crippen LogP contribution in [0.25, 0.3) is 28.0 Å². The van der Waals surface area contributed by atoms with Crippen LogP contribution in [0.5, 0.6) is 0 Å². The van der Waals surface area contributed by atoms with Crippen molar-refractivity contribution in [2.75, 3.05) is 19.8 Å². The first-order valence-electron chi connectivity index (χ1n) is 15.3. The summed E-state index contributed by atoms with van der Waals surface area (Å²) < 4.78 is 16.7. The van der Waals surface area contributed by atoms with Crippen LogP contribution in [-0.4, -0.2) is 51.6 Å². The summed E-state index contributed by atoms with van der Waals surface area (Å²) >= 11 is 8.02. The van der Waals surface area contributed by atoms with E-state index >= 15 is 4.39 Å². The third kappa shape index (κ3) is 7.72. The number of fused-ring (bicyclic) bond motifs is 1. The van der Waals surface area contributed by atoms with Crippen LogP contribution >= 0.6 is 23.4 Å². The number of aromatic nitrogens is 3. The van der Waals surface area contributed by atoms with E-state index in [9.17, 15) is 4.79 Å². The van der Waals surface area contributed by atoms with E-state index in [1.165, 1.54) is 23.0 Å². The van der Waals surface area contributed by atoms with Crippen molar-refractivity contribution in [1.82, 2.24) is 25.2 Å². The highest BCUT2D eigenvalue weighted by Gasteiger charge is 2.22. The first kappa shape index (κ1) is 32.2. The molecule has 0 saturated carbocycles. The number of aromatic amines is 1. The zero-order valence-electron chi connectivity index (χ0n) is 25.5. The van der Waals surface area contributed by atoms with Gasteiger partial charge in [-0.1, -0.05) is 41.9 Å². The van der Waals surface area contributed by atoms with Crippen LogP contribution < -0.4 is 22.1 Å². The molecule has 0 radical (unpaired) electrons. The molecular formula is C33H41ClFN7OS. The molecule has 1 aliphatic rings. The molecule has 1 saturated heterocycles. The number of nitrogens with two attached hydrogens (primary N) is 1. The van der Waals surface area contributed by atoms with E-state index < -0.39 is 11.5 Å². The van der Waals surface area contributed by atoms with Gasteiger partial charge in [0.1, 0.15) is 5.65 Å². The Balaban J connectivity index is 1.31. The van der Waals surface area contributed by atoms with E-state index in [0.717, 1.165) is 54.3 Å². The second-order valence-corrected chi connectivity index (χ2v) is 13.0. The highest BCUT2D eigenvalue weighted by Crippen LogP contribution is 2.32. The molecule has 2 aromatic heterocycles. The monoisotopic (exact) mass is 637 g/mol. The summed E-state index contributed by atoms with van der Waals surface area (Å²) in [6.07, 6.45) is 8.75. The predicted octanol–water partition coefficient (Wildman–Crippen LogP) is 6.35. The molecule has 0 bridgehead atoms. The number of thioether (sulfide) groups is 1. The molecule has 0 spiro atoms. The number of halogens is 2. The minimum absolute atomic E-state index is 0.0659. The summed E-state index contributed by atoms with van der Waals surface area (Å²) in [6, 6.07) is 14.2. The van der Waals surface area contributed by atoms with E-state index in [4.69, 9.17) is 17.3 Å². The van der Waals surface area contributed by atoms with Gasteiger partial charge < -0.3 is 21.4 Å². The van der Waals surface area contributed by atoms with Crippen LogP contribution in [0.3, 0.4) is 0 Å². The van der Waals surface area contributed by atoms with Crippen molar-refractivity contribution in [1.29, 1.82) is 0 Å². The predicted molar refractivity (Wildman–Crippen MR) is 182 cm³/mol. The van der Waals surface area contributed by atoms with E-state index in [1.807, 2.05) is 32.2 Å². The standard InChI is InChI=1S/C33H41ClFN7OS/c1-20(36)6-4-7-21-16-26(30(35)27(34)17-21)29-18-23-19-42(33(43)41-31(23)40-29)25-12-10-22(11-13-25)28-9-5-8-24(39-28)14-15-44-32(37-2)38-3/h10-13,16-20,24,28,39H,4-9,14-15,36H2,1-3H3,(H,37,38)(H,40,41,43). The van der Waals surface area contributed by atoms with Crippen LogP contribution in [0.2, 0.25) is 5.02 Å². The van der Waals surface area contributed by atoms with Gasteiger partial charge in [0.25, 0.3) is 0 Å². The summed E-state index contributed by atoms with van der Waals surface area (Å²) in [5, 5.41) is 8.66. The molecule has 0 aliphatic carbocycles. The molecule has 234 valence electrons. The summed E-state index contributed by atoms with van der Waals surface area (Å²) in [7, 11) is 3.70. The first-order chi connectivity index (χ1) is 21.2. The average molecular weight is 638 g/mol. The van der Waals surface area contributed by atoms with Gasteiger partial charge in [-0.3, -0.25) is 9.56 Å². The third-order valence-corrected chi connectivity index (χ3v) is 9.56. The molecule has 3 unspecified atom stereocenters. The fraction of sp³-hybridized carbons (Fsp3) is 0.424.